The van der Waals surface area contributed by atoms with E-state index in [1.54, 1.807) is 24.2 Å². The largest absolute Gasteiger partial charge is 0.422 e. The van der Waals surface area contributed by atoms with Crippen LogP contribution in [-0.2, 0) is 34.5 Å². The van der Waals surface area contributed by atoms with E-state index in [2.05, 4.69) is 74.8 Å². The number of pyridine rings is 1. The number of aryl methyl sites for hydroxylation is 1. The molecule has 6 N–H and O–H groups in total. The third-order valence-corrected chi connectivity index (χ3v) is 22.2. The van der Waals surface area contributed by atoms with Crippen molar-refractivity contribution in [3.63, 3.8) is 0 Å². The van der Waals surface area contributed by atoms with Gasteiger partial charge in [-0.2, -0.15) is 0 Å². The first-order valence-electron chi connectivity index (χ1n) is 35.1. The zero-order valence-electron chi connectivity index (χ0n) is 56.1. The molecule has 0 spiro atoms. The lowest BCUT2D eigenvalue weighted by Crippen LogP contribution is -2.63. The molecule has 89 heavy (non-hydrogen) atoms. The molecule has 0 radical (unpaired) electrons. The van der Waals surface area contributed by atoms with Crippen molar-refractivity contribution in [2.75, 3.05) is 90.7 Å². The number of anilines is 1. The number of ether oxygens (including phenoxy) is 3. The lowest BCUT2D eigenvalue weighted by molar-refractivity contribution is -0.699. The van der Waals surface area contributed by atoms with Crippen LogP contribution in [0.25, 0.3) is 23.1 Å². The highest BCUT2D eigenvalue weighted by Gasteiger charge is 2.66. The maximum Gasteiger partial charge on any atom is 0.343 e. The van der Waals surface area contributed by atoms with Crippen LogP contribution in [-0.4, -0.2) is 126 Å². The Balaban J connectivity index is 0.953. The molecule has 16 heteroatoms. The first kappa shape index (κ1) is 72.3. The second-order valence-corrected chi connectivity index (χ2v) is 28.0. The minimum atomic E-state index is -0.383. The van der Waals surface area contributed by atoms with E-state index in [1.807, 2.05) is 36.5 Å². The van der Waals surface area contributed by atoms with E-state index in [9.17, 15) is 14.4 Å². The molecule has 498 valence electrons. The van der Waals surface area contributed by atoms with E-state index in [4.69, 9.17) is 40.0 Å². The maximum atomic E-state index is 14.6. The Morgan fingerprint density at radius 2 is 1.49 bits per heavy atom. The van der Waals surface area contributed by atoms with Crippen molar-refractivity contribution in [3.8, 4) is 0 Å². The van der Waals surface area contributed by atoms with Crippen LogP contribution in [0.3, 0.4) is 0 Å². The molecule has 4 aliphatic rings. The number of hydrogen-bond donors (Lipinski definition) is 3. The Hall–Kier alpha value is -4.13. The van der Waals surface area contributed by atoms with Gasteiger partial charge in [-0.05, 0) is 195 Å². The molecule has 3 aromatic rings. The van der Waals surface area contributed by atoms with Gasteiger partial charge in [-0.3, -0.25) is 9.59 Å². The van der Waals surface area contributed by atoms with Gasteiger partial charge in [0.1, 0.15) is 23.6 Å². The molecule has 15 nitrogen and oxygen atoms in total. The fourth-order valence-electron chi connectivity index (χ4n) is 16.6. The average molecular weight is 1250 g/mol. The summed E-state index contributed by atoms with van der Waals surface area (Å²) >= 11 is 1.28. The zero-order chi connectivity index (χ0) is 63.8. The highest BCUT2D eigenvalue weighted by molar-refractivity contribution is 7.94. The second-order valence-electron chi connectivity index (χ2n) is 27.1. The zero-order valence-corrected chi connectivity index (χ0v) is 56.9. The van der Waals surface area contributed by atoms with E-state index in [0.717, 1.165) is 138 Å². The lowest BCUT2D eigenvalue weighted by atomic mass is 9.43. The number of unbranched alkanes of at least 4 members (excludes halogenated alkanes) is 7. The topological polar surface area (TPSA) is 193 Å². The number of nitrogens with two attached hydrogens (primary N) is 3. The van der Waals surface area contributed by atoms with Crippen molar-refractivity contribution < 1.29 is 37.0 Å². The number of carbonyl (C=O) groups excluding carboxylic acids is 2. The second kappa shape index (κ2) is 36.9. The van der Waals surface area contributed by atoms with Gasteiger partial charge in [0.25, 0.3) is 0 Å². The predicted molar refractivity (Wildman–Crippen MR) is 364 cm³/mol. The van der Waals surface area contributed by atoms with Gasteiger partial charge < -0.3 is 54.7 Å². The number of benzene rings is 1. The Morgan fingerprint density at radius 1 is 0.787 bits per heavy atom. The smallest absolute Gasteiger partial charge is 0.343 e. The van der Waals surface area contributed by atoms with Crippen LogP contribution < -0.4 is 32.3 Å². The summed E-state index contributed by atoms with van der Waals surface area (Å²) in [7, 11) is 1.65. The average Bonchev–Trinajstić information content (AvgIpc) is 1.70. The van der Waals surface area contributed by atoms with Gasteiger partial charge in [0, 0.05) is 112 Å². The van der Waals surface area contributed by atoms with E-state index >= 15 is 0 Å². The molecule has 1 aromatic carbocycles. The van der Waals surface area contributed by atoms with Gasteiger partial charge >= 0.3 is 5.63 Å². The van der Waals surface area contributed by atoms with Gasteiger partial charge in [-0.25, -0.2) is 9.36 Å². The van der Waals surface area contributed by atoms with E-state index in [0.29, 0.717) is 106 Å². The first-order valence-corrected chi connectivity index (χ1v) is 35.8. The van der Waals surface area contributed by atoms with Gasteiger partial charge in [0.05, 0.1) is 31.0 Å². The molecule has 4 unspecified atom stereocenters. The van der Waals surface area contributed by atoms with Crippen LogP contribution >= 0.6 is 12.0 Å². The summed E-state index contributed by atoms with van der Waals surface area (Å²) in [5, 5.41) is 0.869. The molecule has 0 saturated heterocycles. The minimum absolute atomic E-state index is 0.00435. The van der Waals surface area contributed by atoms with Crippen LogP contribution in [0, 0.1) is 46.3 Å². The molecule has 0 aliphatic heterocycles. The van der Waals surface area contributed by atoms with Crippen molar-refractivity contribution in [1.82, 2.24) is 9.80 Å². The van der Waals surface area contributed by atoms with E-state index in [1.165, 1.54) is 57.0 Å². The number of rotatable bonds is 41. The molecule has 11 atom stereocenters. The SMILES string of the molecule is C=CCN(CC(=O)N(CCCCCCCC)CCC[C@@H](C)[C@H]1CCC2C3[C@H](OCCCN)CC4C[C@H](OCCCN)CC[C@]4(C)[C@H]3C[C@H](OCCCN)C21C)C(=O)CCCCC[n+]1ccc(/C=C/c2cc3ccc(N(CC)CC)cc3oc2=O)c(SOC)c1. The van der Waals surface area contributed by atoms with Crippen molar-refractivity contribution in [2.45, 2.75) is 213 Å². The first-order chi connectivity index (χ1) is 43.2. The quantitative estimate of drug-likeness (QED) is 0.0160. The summed E-state index contributed by atoms with van der Waals surface area (Å²) in [6, 6.07) is 9.92. The van der Waals surface area contributed by atoms with Crippen molar-refractivity contribution in [3.05, 3.63) is 76.9 Å². The van der Waals surface area contributed by atoms with Gasteiger partial charge in [-0.15, -0.1) is 6.58 Å². The Labute approximate surface area is 540 Å². The standard InChI is InChI=1S/C73H118N7O8S/c1-9-13-14-15-16-20-41-79(42-21-25-54(5)61-31-32-62-70-63(51-67(73(61,62)7)87-46-24-38-76)72(6)35-33-60(85-44-22-36-74)48-58(72)49-65(70)86-45-23-37-75)69(82)53-80(39-10-2)68(81)26-18-17-19-40-77-43-34-55(66(52-77)89-84-8)27-28-57-47-56-29-30-59(78(11-3)12-4)50-64(56)88-71(57)83/h10,27-30,34,43,47,50,52,54,58,60-63,65,67,70H,2,9,11-26,31-33,35-42,44-46,48-49,51,53,74-76H2,1,3-8H3/q+1/t54-,58?,60-,61-,62?,63+,65-,67+,70?,72+,73?/m1/s1. The fourth-order valence-corrected chi connectivity index (χ4v) is 17.2. The van der Waals surface area contributed by atoms with Crippen LogP contribution in [0.5, 0.6) is 0 Å². The van der Waals surface area contributed by atoms with Gasteiger partial charge in [0.15, 0.2) is 12.4 Å². The van der Waals surface area contributed by atoms with Crippen LogP contribution in [0.15, 0.2) is 69.5 Å². The number of nitrogens with zero attached hydrogens (tertiary/aromatic N) is 4. The number of hydrogen-bond acceptors (Lipinski definition) is 13. The number of amides is 2. The highest BCUT2D eigenvalue weighted by atomic mass is 32.2. The van der Waals surface area contributed by atoms with Crippen molar-refractivity contribution >= 4 is 52.7 Å². The molecule has 2 aromatic heterocycles. The Morgan fingerprint density at radius 3 is 2.22 bits per heavy atom. The van der Waals surface area contributed by atoms with Gasteiger partial charge in [-0.1, -0.05) is 72.0 Å². The summed E-state index contributed by atoms with van der Waals surface area (Å²) in [4.78, 5) is 48.6. The lowest BCUT2D eigenvalue weighted by Gasteiger charge is -2.65. The van der Waals surface area contributed by atoms with E-state index in [-0.39, 0.29) is 53.1 Å². The highest BCUT2D eigenvalue weighted by Crippen LogP contribution is 2.69. The molecular formula is C73H118N7O8S+. The third kappa shape index (κ3) is 19.3. The predicted octanol–water partition coefficient (Wildman–Crippen LogP) is 13.0. The molecule has 7 rings (SSSR count). The van der Waals surface area contributed by atoms with Crippen molar-refractivity contribution in [2.24, 2.45) is 63.5 Å². The normalized spacial score (nSPS) is 25.2. The van der Waals surface area contributed by atoms with Crippen LogP contribution in [0.1, 0.15) is 194 Å². The summed E-state index contributed by atoms with van der Waals surface area (Å²) in [5.74, 6) is 2.99. The number of aromatic nitrogens is 1. The number of fused-ring (bicyclic) bond motifs is 6. The molecule has 4 aliphatic carbocycles. The van der Waals surface area contributed by atoms with E-state index < -0.39 is 0 Å². The summed E-state index contributed by atoms with van der Waals surface area (Å²) in [5.41, 5.74) is 20.9. The Bertz CT molecular complexity index is 2720. The molecule has 0 bridgehead atoms. The summed E-state index contributed by atoms with van der Waals surface area (Å²) in [6.07, 6.45) is 32.5. The fraction of sp³-hybridized carbons (Fsp3) is 0.726. The van der Waals surface area contributed by atoms with Gasteiger partial charge in [0.2, 0.25) is 11.8 Å². The monoisotopic (exact) mass is 1250 g/mol. The van der Waals surface area contributed by atoms with Crippen LogP contribution in [0.4, 0.5) is 5.69 Å². The third-order valence-electron chi connectivity index (χ3n) is 21.6. The molecule has 2 amide bonds. The maximum absolute atomic E-state index is 14.6. The Kier molecular flexibility index (Phi) is 30.0. The summed E-state index contributed by atoms with van der Waals surface area (Å²) < 4.78 is 34.1. The molecule has 4 fully saturated rings. The summed E-state index contributed by atoms with van der Waals surface area (Å²) in [6.45, 7) is 26.5. The van der Waals surface area contributed by atoms with Crippen molar-refractivity contribution in [1.29, 1.82) is 0 Å². The molecular weight excluding hydrogens is 1130 g/mol. The minimum Gasteiger partial charge on any atom is -0.422 e. The molecule has 2 heterocycles. The van der Waals surface area contributed by atoms with Crippen LogP contribution in [0.2, 0.25) is 0 Å². The molecule has 4 saturated carbocycles. The number of carbonyl (C=O) groups is 2.